The van der Waals surface area contributed by atoms with Gasteiger partial charge in [-0.3, -0.25) is 0 Å². The molecule has 0 spiro atoms. The Bertz CT molecular complexity index is 1260. The summed E-state index contributed by atoms with van der Waals surface area (Å²) < 4.78 is 7.60. The first-order valence-corrected chi connectivity index (χ1v) is 9.22. The first kappa shape index (κ1) is 17.0. The Morgan fingerprint density at radius 2 is 1.86 bits per heavy atom. The number of imidazole rings is 1. The zero-order chi connectivity index (χ0) is 19.6. The van der Waals surface area contributed by atoms with Gasteiger partial charge in [-0.1, -0.05) is 30.3 Å². The second kappa shape index (κ2) is 7.12. The van der Waals surface area contributed by atoms with Crippen LogP contribution in [0.15, 0.2) is 82.4 Å². The van der Waals surface area contributed by atoms with E-state index in [9.17, 15) is 0 Å². The van der Waals surface area contributed by atoms with Gasteiger partial charge < -0.3 is 9.40 Å². The van der Waals surface area contributed by atoms with E-state index in [4.69, 9.17) is 9.52 Å². The highest BCUT2D eigenvalue weighted by Crippen LogP contribution is 2.24. The second-order valence-corrected chi connectivity index (χ2v) is 6.60. The largest absolute Gasteiger partial charge is 0.460 e. The average Bonchev–Trinajstić information content (AvgIpc) is 3.46. The van der Waals surface area contributed by atoms with E-state index in [1.165, 1.54) is 0 Å². The number of aromatic nitrogens is 4. The molecule has 0 aliphatic rings. The lowest BCUT2D eigenvalue weighted by molar-refractivity contribution is 0.545. The molecule has 5 aromatic rings. The van der Waals surface area contributed by atoms with E-state index in [1.54, 1.807) is 6.21 Å². The maximum Gasteiger partial charge on any atom is 0.222 e. The lowest BCUT2D eigenvalue weighted by Crippen LogP contribution is -1.93. The van der Waals surface area contributed by atoms with Crippen LogP contribution in [0, 0.1) is 6.92 Å². The third kappa shape index (κ3) is 3.41. The number of nitrogens with zero attached hydrogens (tertiary/aromatic N) is 4. The van der Waals surface area contributed by atoms with Gasteiger partial charge in [0.15, 0.2) is 5.76 Å². The number of hydrazone groups is 1. The third-order valence-corrected chi connectivity index (χ3v) is 4.50. The Labute approximate surface area is 166 Å². The highest BCUT2D eigenvalue weighted by atomic mass is 16.3. The lowest BCUT2D eigenvalue weighted by Gasteiger charge is -1.98. The van der Waals surface area contributed by atoms with Crippen LogP contribution in [0.1, 0.15) is 11.3 Å². The number of fused-ring (bicyclic) bond motifs is 1. The molecule has 0 amide bonds. The number of hydrogen-bond donors (Lipinski definition) is 2. The first-order chi connectivity index (χ1) is 14.3. The summed E-state index contributed by atoms with van der Waals surface area (Å²) in [5, 5.41) is 9.05. The van der Waals surface area contributed by atoms with Crippen molar-refractivity contribution in [1.29, 1.82) is 0 Å². The number of aryl methyl sites for hydroxylation is 1. The molecular weight excluding hydrogens is 364 g/mol. The topological polar surface area (TPSA) is 84.0 Å². The molecule has 29 heavy (non-hydrogen) atoms. The fourth-order valence-corrected chi connectivity index (χ4v) is 3.12. The maximum absolute atomic E-state index is 5.79. The second-order valence-electron chi connectivity index (χ2n) is 6.60. The summed E-state index contributed by atoms with van der Waals surface area (Å²) in [6.45, 7) is 1.91. The van der Waals surface area contributed by atoms with Crippen LogP contribution >= 0.6 is 0 Å². The Hall–Kier alpha value is -4.13. The Balaban J connectivity index is 1.47. The fourth-order valence-electron chi connectivity index (χ4n) is 3.12. The Morgan fingerprint density at radius 3 is 2.66 bits per heavy atom. The van der Waals surface area contributed by atoms with Crippen molar-refractivity contribution in [3.63, 3.8) is 0 Å². The number of furan rings is 1. The molecule has 7 heteroatoms. The smallest absolute Gasteiger partial charge is 0.222 e. The van der Waals surface area contributed by atoms with Crippen molar-refractivity contribution in [3.05, 3.63) is 84.3 Å². The maximum atomic E-state index is 5.79. The number of rotatable bonds is 5. The predicted octanol–water partition coefficient (Wildman–Crippen LogP) is 4.76. The molecule has 0 fully saturated rings. The zero-order valence-corrected chi connectivity index (χ0v) is 15.7. The molecule has 0 aliphatic heterocycles. The summed E-state index contributed by atoms with van der Waals surface area (Å²) in [5.74, 6) is 2.10. The summed E-state index contributed by atoms with van der Waals surface area (Å²) in [5.41, 5.74) is 7.29. The number of nitrogens with one attached hydrogen (secondary N) is 2. The standard InChI is InChI=1S/C22H18N6O/c1-15-11-12-20(29-15)21-16(14-28(27-21)17-7-3-2-4-8-17)13-23-26-22-24-18-9-5-6-10-19(18)25-22/h2-14H,1H3,(H2,24,25,26)/b23-13-. The molecular formula is C22H18N6O. The summed E-state index contributed by atoms with van der Waals surface area (Å²) >= 11 is 0. The van der Waals surface area contributed by atoms with Gasteiger partial charge in [0.25, 0.3) is 0 Å². The van der Waals surface area contributed by atoms with Gasteiger partial charge in [0.1, 0.15) is 11.5 Å². The molecule has 0 bridgehead atoms. The molecule has 0 aliphatic carbocycles. The van der Waals surface area contributed by atoms with Gasteiger partial charge in [0.2, 0.25) is 5.95 Å². The molecule has 0 saturated carbocycles. The number of aromatic amines is 1. The van der Waals surface area contributed by atoms with Gasteiger partial charge in [-0.05, 0) is 43.3 Å². The quantitative estimate of drug-likeness (QED) is 0.339. The highest BCUT2D eigenvalue weighted by molar-refractivity contribution is 5.88. The molecule has 0 atom stereocenters. The summed E-state index contributed by atoms with van der Waals surface area (Å²) in [6.07, 6.45) is 3.64. The van der Waals surface area contributed by atoms with Crippen molar-refractivity contribution in [2.24, 2.45) is 5.10 Å². The Morgan fingerprint density at radius 1 is 1.03 bits per heavy atom. The van der Waals surface area contributed by atoms with Gasteiger partial charge in [0.05, 0.1) is 22.9 Å². The predicted molar refractivity (Wildman–Crippen MR) is 113 cm³/mol. The van der Waals surface area contributed by atoms with Crippen molar-refractivity contribution < 1.29 is 4.42 Å². The molecule has 7 nitrogen and oxygen atoms in total. The molecule has 3 aromatic heterocycles. The summed E-state index contributed by atoms with van der Waals surface area (Å²) in [7, 11) is 0. The SMILES string of the molecule is Cc1ccc(-c2nn(-c3ccccc3)cc2/C=N\Nc2nc3ccccc3[nH]2)o1. The molecule has 5 rings (SSSR count). The Kier molecular flexibility index (Phi) is 4.18. The first-order valence-electron chi connectivity index (χ1n) is 9.22. The molecule has 2 N–H and O–H groups in total. The monoisotopic (exact) mass is 382 g/mol. The van der Waals surface area contributed by atoms with Crippen LogP contribution in [0.2, 0.25) is 0 Å². The van der Waals surface area contributed by atoms with Crippen molar-refractivity contribution in [3.8, 4) is 17.1 Å². The molecule has 3 heterocycles. The van der Waals surface area contributed by atoms with Gasteiger partial charge >= 0.3 is 0 Å². The lowest BCUT2D eigenvalue weighted by atomic mass is 10.2. The van der Waals surface area contributed by atoms with Crippen LogP contribution in [-0.2, 0) is 0 Å². The van der Waals surface area contributed by atoms with Gasteiger partial charge in [0, 0.05) is 11.8 Å². The minimum absolute atomic E-state index is 0.577. The fraction of sp³-hybridized carbons (Fsp3) is 0.0455. The summed E-state index contributed by atoms with van der Waals surface area (Å²) in [4.78, 5) is 7.65. The minimum atomic E-state index is 0.577. The number of para-hydroxylation sites is 3. The van der Waals surface area contributed by atoms with Crippen LogP contribution in [0.4, 0.5) is 5.95 Å². The van der Waals surface area contributed by atoms with E-state index < -0.39 is 0 Å². The van der Waals surface area contributed by atoms with Crippen LogP contribution in [0.3, 0.4) is 0 Å². The number of anilines is 1. The molecule has 0 radical (unpaired) electrons. The number of H-pyrrole nitrogens is 1. The zero-order valence-electron chi connectivity index (χ0n) is 15.7. The van der Waals surface area contributed by atoms with Crippen LogP contribution in [-0.4, -0.2) is 26.0 Å². The van der Waals surface area contributed by atoms with Crippen molar-refractivity contribution in [1.82, 2.24) is 19.7 Å². The van der Waals surface area contributed by atoms with Crippen molar-refractivity contribution in [2.75, 3.05) is 5.43 Å². The van der Waals surface area contributed by atoms with Crippen LogP contribution < -0.4 is 5.43 Å². The summed E-state index contributed by atoms with van der Waals surface area (Å²) in [6, 6.07) is 21.6. The number of hydrogen-bond acceptors (Lipinski definition) is 5. The minimum Gasteiger partial charge on any atom is -0.460 e. The van der Waals surface area contributed by atoms with Crippen molar-refractivity contribution in [2.45, 2.75) is 6.92 Å². The van der Waals surface area contributed by atoms with E-state index in [1.807, 2.05) is 84.5 Å². The van der Waals surface area contributed by atoms with Gasteiger partial charge in [-0.2, -0.15) is 10.2 Å². The van der Waals surface area contributed by atoms with E-state index in [0.717, 1.165) is 33.7 Å². The van der Waals surface area contributed by atoms with Crippen molar-refractivity contribution >= 4 is 23.2 Å². The molecule has 0 saturated heterocycles. The third-order valence-electron chi connectivity index (χ3n) is 4.50. The van der Waals surface area contributed by atoms with E-state index in [2.05, 4.69) is 20.5 Å². The van der Waals surface area contributed by atoms with Crippen LogP contribution in [0.5, 0.6) is 0 Å². The molecule has 142 valence electrons. The average molecular weight is 382 g/mol. The number of benzene rings is 2. The highest BCUT2D eigenvalue weighted by Gasteiger charge is 2.14. The molecule has 0 unspecified atom stereocenters. The van der Waals surface area contributed by atoms with Crippen LogP contribution in [0.25, 0.3) is 28.2 Å². The molecule has 2 aromatic carbocycles. The van der Waals surface area contributed by atoms with E-state index in [0.29, 0.717) is 11.7 Å². The van der Waals surface area contributed by atoms with Gasteiger partial charge in [-0.25, -0.2) is 15.1 Å². The van der Waals surface area contributed by atoms with E-state index in [-0.39, 0.29) is 0 Å². The van der Waals surface area contributed by atoms with E-state index >= 15 is 0 Å². The normalized spacial score (nSPS) is 11.5. The van der Waals surface area contributed by atoms with Gasteiger partial charge in [-0.15, -0.1) is 0 Å².